The van der Waals surface area contributed by atoms with Crippen molar-refractivity contribution in [2.24, 2.45) is 5.73 Å². The van der Waals surface area contributed by atoms with Crippen LogP contribution < -0.4 is 5.73 Å². The molecule has 98 valence electrons. The van der Waals surface area contributed by atoms with Crippen LogP contribution in [0.3, 0.4) is 0 Å². The van der Waals surface area contributed by atoms with Crippen LogP contribution in [0.2, 0.25) is 0 Å². The molecule has 17 heavy (non-hydrogen) atoms. The van der Waals surface area contributed by atoms with Gasteiger partial charge in [0.15, 0.2) is 9.84 Å². The number of nitrogens with two attached hydrogens (primary N) is 1. The number of hydrogen-bond acceptors (Lipinski definition) is 3. The maximum atomic E-state index is 12.3. The second-order valence-corrected chi connectivity index (χ2v) is 5.28. The quantitative estimate of drug-likeness (QED) is 0.906. The van der Waals surface area contributed by atoms with Gasteiger partial charge in [-0.2, -0.15) is 13.2 Å². The summed E-state index contributed by atoms with van der Waals surface area (Å²) in [6.07, 6.45) is -3.57. The molecule has 1 aromatic rings. The number of alkyl halides is 3. The molecule has 0 aromatic heterocycles. The second-order valence-electron chi connectivity index (χ2n) is 3.30. The second kappa shape index (κ2) is 5.24. The van der Waals surface area contributed by atoms with Crippen LogP contribution in [0.4, 0.5) is 13.2 Å². The zero-order chi connectivity index (χ0) is 12.6. The highest BCUT2D eigenvalue weighted by Crippen LogP contribution is 2.31. The topological polar surface area (TPSA) is 60.2 Å². The third kappa shape index (κ3) is 3.86. The first kappa shape index (κ1) is 16.2. The lowest BCUT2D eigenvalue weighted by molar-refractivity contribution is -0.137. The molecule has 0 aliphatic rings. The number of sulfone groups is 1. The molecule has 8 heteroatoms. The highest BCUT2D eigenvalue weighted by atomic mass is 35.5. The van der Waals surface area contributed by atoms with Crippen molar-refractivity contribution in [1.29, 1.82) is 0 Å². The van der Waals surface area contributed by atoms with Crippen LogP contribution in [-0.4, -0.2) is 14.7 Å². The van der Waals surface area contributed by atoms with Crippen LogP contribution in [0.25, 0.3) is 0 Å². The molecule has 0 aliphatic heterocycles. The van der Waals surface area contributed by atoms with Gasteiger partial charge >= 0.3 is 6.18 Å². The molecular formula is C9H11ClF3NO2S. The van der Waals surface area contributed by atoms with Crippen molar-refractivity contribution in [2.75, 3.05) is 6.26 Å². The van der Waals surface area contributed by atoms with Crippen LogP contribution in [0.1, 0.15) is 11.1 Å². The van der Waals surface area contributed by atoms with Gasteiger partial charge in [0.05, 0.1) is 10.5 Å². The van der Waals surface area contributed by atoms with Gasteiger partial charge in [0, 0.05) is 12.8 Å². The van der Waals surface area contributed by atoms with Crippen molar-refractivity contribution < 1.29 is 21.6 Å². The first-order valence-electron chi connectivity index (χ1n) is 4.26. The van der Waals surface area contributed by atoms with E-state index in [1.54, 1.807) is 0 Å². The molecule has 1 rings (SSSR count). The van der Waals surface area contributed by atoms with Crippen LogP contribution in [-0.2, 0) is 22.6 Å². The van der Waals surface area contributed by atoms with Gasteiger partial charge in [-0.3, -0.25) is 0 Å². The summed E-state index contributed by atoms with van der Waals surface area (Å²) in [5, 5.41) is 0. The SMILES string of the molecule is CS(=O)(=O)c1ccc(C(F)(F)F)cc1CN.Cl. The molecule has 0 bridgehead atoms. The smallest absolute Gasteiger partial charge is 0.326 e. The van der Waals surface area contributed by atoms with E-state index in [-0.39, 0.29) is 29.4 Å². The maximum Gasteiger partial charge on any atom is 0.416 e. The summed E-state index contributed by atoms with van der Waals surface area (Å²) in [6, 6.07) is 2.42. The predicted octanol–water partition coefficient (Wildman–Crippen LogP) is 1.99. The number of benzene rings is 1. The van der Waals surface area contributed by atoms with Crippen molar-refractivity contribution in [1.82, 2.24) is 0 Å². The lowest BCUT2D eigenvalue weighted by atomic mass is 10.1. The van der Waals surface area contributed by atoms with E-state index in [1.807, 2.05) is 0 Å². The monoisotopic (exact) mass is 289 g/mol. The standard InChI is InChI=1S/C9H10F3NO2S.ClH/c1-16(14,15)8-3-2-7(9(10,11)12)4-6(8)5-13;/h2-4H,5,13H2,1H3;1H. The number of hydrogen-bond donors (Lipinski definition) is 1. The van der Waals surface area contributed by atoms with Gasteiger partial charge in [0.2, 0.25) is 0 Å². The molecule has 0 unspecified atom stereocenters. The average Bonchev–Trinajstić information content (AvgIpc) is 2.14. The molecule has 1 aromatic carbocycles. The van der Waals surface area contributed by atoms with Crippen molar-refractivity contribution in [3.63, 3.8) is 0 Å². The van der Waals surface area contributed by atoms with Crippen molar-refractivity contribution >= 4 is 22.2 Å². The zero-order valence-electron chi connectivity index (χ0n) is 8.78. The van der Waals surface area contributed by atoms with Gasteiger partial charge in [0.25, 0.3) is 0 Å². The first-order valence-corrected chi connectivity index (χ1v) is 6.15. The van der Waals surface area contributed by atoms with E-state index in [1.165, 1.54) is 0 Å². The van der Waals surface area contributed by atoms with Gasteiger partial charge in [-0.25, -0.2) is 8.42 Å². The summed E-state index contributed by atoms with van der Waals surface area (Å²) in [5.41, 5.74) is 4.29. The summed E-state index contributed by atoms with van der Waals surface area (Å²) >= 11 is 0. The van der Waals surface area contributed by atoms with Gasteiger partial charge < -0.3 is 5.73 Å². The lowest BCUT2D eigenvalue weighted by Gasteiger charge is -2.11. The Kier molecular flexibility index (Phi) is 5.00. The Labute approximate surface area is 103 Å². The van der Waals surface area contributed by atoms with Crippen molar-refractivity contribution in [3.8, 4) is 0 Å². The molecule has 0 aliphatic carbocycles. The molecule has 0 radical (unpaired) electrons. The Hall–Kier alpha value is -0.790. The Morgan fingerprint density at radius 1 is 1.29 bits per heavy atom. The van der Waals surface area contributed by atoms with E-state index in [9.17, 15) is 21.6 Å². The fraction of sp³-hybridized carbons (Fsp3) is 0.333. The van der Waals surface area contributed by atoms with E-state index in [0.29, 0.717) is 0 Å². The first-order chi connectivity index (χ1) is 7.16. The molecule has 0 fully saturated rings. The zero-order valence-corrected chi connectivity index (χ0v) is 10.4. The fourth-order valence-electron chi connectivity index (χ4n) is 1.28. The lowest BCUT2D eigenvalue weighted by Crippen LogP contribution is -2.11. The highest BCUT2D eigenvalue weighted by Gasteiger charge is 2.31. The highest BCUT2D eigenvalue weighted by molar-refractivity contribution is 7.90. The molecule has 0 amide bonds. The Balaban J connectivity index is 0.00000256. The van der Waals surface area contributed by atoms with Gasteiger partial charge in [-0.1, -0.05) is 0 Å². The van der Waals surface area contributed by atoms with Crippen LogP contribution >= 0.6 is 12.4 Å². The average molecular weight is 290 g/mol. The van der Waals surface area contributed by atoms with E-state index >= 15 is 0 Å². The molecule has 0 saturated heterocycles. The van der Waals surface area contributed by atoms with E-state index < -0.39 is 21.6 Å². The van der Waals surface area contributed by atoms with Gasteiger partial charge in [-0.05, 0) is 23.8 Å². The summed E-state index contributed by atoms with van der Waals surface area (Å²) in [6.45, 7) is -0.258. The summed E-state index contributed by atoms with van der Waals surface area (Å²) in [5.74, 6) is 0. The predicted molar refractivity (Wildman–Crippen MR) is 59.7 cm³/mol. The van der Waals surface area contributed by atoms with Crippen LogP contribution in [0.15, 0.2) is 23.1 Å². The molecule has 0 saturated carbocycles. The van der Waals surface area contributed by atoms with E-state index in [0.717, 1.165) is 24.5 Å². The van der Waals surface area contributed by atoms with Crippen LogP contribution in [0, 0.1) is 0 Å². The van der Waals surface area contributed by atoms with Gasteiger partial charge in [0.1, 0.15) is 0 Å². The summed E-state index contributed by atoms with van der Waals surface area (Å²) < 4.78 is 59.5. The molecule has 0 atom stereocenters. The third-order valence-electron chi connectivity index (χ3n) is 2.01. The largest absolute Gasteiger partial charge is 0.416 e. The molecular weight excluding hydrogens is 279 g/mol. The van der Waals surface area contributed by atoms with Gasteiger partial charge in [-0.15, -0.1) is 12.4 Å². The third-order valence-corrected chi connectivity index (χ3v) is 3.20. The maximum absolute atomic E-state index is 12.3. The Bertz CT molecular complexity index is 499. The van der Waals surface area contributed by atoms with E-state index in [4.69, 9.17) is 5.73 Å². The fourth-order valence-corrected chi connectivity index (χ4v) is 2.21. The Morgan fingerprint density at radius 3 is 2.18 bits per heavy atom. The number of rotatable bonds is 2. The minimum atomic E-state index is -4.50. The van der Waals surface area contributed by atoms with Crippen molar-refractivity contribution in [2.45, 2.75) is 17.6 Å². The molecule has 2 N–H and O–H groups in total. The minimum Gasteiger partial charge on any atom is -0.326 e. The van der Waals surface area contributed by atoms with Crippen LogP contribution in [0.5, 0.6) is 0 Å². The summed E-state index contributed by atoms with van der Waals surface area (Å²) in [7, 11) is -3.56. The summed E-state index contributed by atoms with van der Waals surface area (Å²) in [4.78, 5) is -0.164. The molecule has 0 heterocycles. The normalized spacial score (nSPS) is 12.1. The minimum absolute atomic E-state index is 0. The van der Waals surface area contributed by atoms with E-state index in [2.05, 4.69) is 0 Å². The number of halogens is 4. The van der Waals surface area contributed by atoms with Crippen molar-refractivity contribution in [3.05, 3.63) is 29.3 Å². The molecule has 0 spiro atoms. The Morgan fingerprint density at radius 2 is 1.82 bits per heavy atom. The molecule has 3 nitrogen and oxygen atoms in total.